The molecule has 2 unspecified atom stereocenters. The van der Waals surface area contributed by atoms with E-state index in [9.17, 15) is 13.2 Å². The molecule has 1 aliphatic carbocycles. The third-order valence-electron chi connectivity index (χ3n) is 5.11. The van der Waals surface area contributed by atoms with Gasteiger partial charge in [-0.3, -0.25) is 0 Å². The maximum absolute atomic E-state index is 12.9. The van der Waals surface area contributed by atoms with E-state index < -0.39 is 20.0 Å². The van der Waals surface area contributed by atoms with Crippen molar-refractivity contribution >= 4 is 30.9 Å². The molecule has 1 saturated carbocycles. The molecular formula is C16H19F3N4Se. The number of alkyl halides is 3. The zero-order chi connectivity index (χ0) is 17.1. The Morgan fingerprint density at radius 2 is 2.21 bits per heavy atom. The zero-order valence-electron chi connectivity index (χ0n) is 13.5. The van der Waals surface area contributed by atoms with Gasteiger partial charge >= 0.3 is 144 Å². The Labute approximate surface area is 144 Å². The van der Waals surface area contributed by atoms with Gasteiger partial charge in [0, 0.05) is 0 Å². The molecule has 24 heavy (non-hydrogen) atoms. The molecule has 8 heteroatoms. The molecule has 2 fully saturated rings. The Hall–Kier alpha value is -1.24. The monoisotopic (exact) mass is 404 g/mol. The zero-order valence-corrected chi connectivity index (χ0v) is 15.2. The second-order valence-corrected chi connectivity index (χ2v) is 9.12. The maximum atomic E-state index is 12.9. The van der Waals surface area contributed by atoms with Gasteiger partial charge in [0.25, 0.3) is 0 Å². The van der Waals surface area contributed by atoms with Gasteiger partial charge < -0.3 is 0 Å². The van der Waals surface area contributed by atoms with Crippen LogP contribution in [0.3, 0.4) is 0 Å². The molecular weight excluding hydrogens is 384 g/mol. The Morgan fingerprint density at radius 3 is 2.92 bits per heavy atom. The average Bonchev–Trinajstić information content (AvgIpc) is 3.09. The number of rotatable bonds is 3. The summed E-state index contributed by atoms with van der Waals surface area (Å²) in [6.45, 7) is 3.85. The summed E-state index contributed by atoms with van der Waals surface area (Å²) >= 11 is -1.56. The summed E-state index contributed by atoms with van der Waals surface area (Å²) in [7, 11) is 2.13. The molecule has 0 radical (unpaired) electrons. The molecule has 1 aliphatic heterocycles. The van der Waals surface area contributed by atoms with Gasteiger partial charge in [0.2, 0.25) is 0 Å². The van der Waals surface area contributed by atoms with E-state index in [4.69, 9.17) is 0 Å². The van der Waals surface area contributed by atoms with Crippen molar-refractivity contribution in [2.45, 2.75) is 30.4 Å². The van der Waals surface area contributed by atoms with Gasteiger partial charge in [0.15, 0.2) is 0 Å². The van der Waals surface area contributed by atoms with Crippen molar-refractivity contribution in [2.75, 3.05) is 25.5 Å². The number of hydrogen-bond donors (Lipinski definition) is 1. The van der Waals surface area contributed by atoms with Crippen LogP contribution in [0.25, 0.3) is 5.52 Å². The first-order valence-electron chi connectivity index (χ1n) is 7.97. The third kappa shape index (κ3) is 2.80. The van der Waals surface area contributed by atoms with Crippen LogP contribution in [0.1, 0.15) is 18.4 Å². The summed E-state index contributed by atoms with van der Waals surface area (Å²) < 4.78 is 40.7. The normalized spacial score (nSPS) is 27.3. The van der Waals surface area contributed by atoms with Crippen LogP contribution in [0.2, 0.25) is 0 Å². The minimum absolute atomic E-state index is 0.0782. The first-order chi connectivity index (χ1) is 11.3. The number of aromatic nitrogens is 2. The molecule has 2 aromatic rings. The van der Waals surface area contributed by atoms with Gasteiger partial charge in [-0.05, 0) is 0 Å². The topological polar surface area (TPSA) is 32.6 Å². The first-order valence-corrected chi connectivity index (χ1v) is 9.68. The Kier molecular flexibility index (Phi) is 3.64. The number of hydrogen-bond acceptors (Lipinski definition) is 3. The van der Waals surface area contributed by atoms with Gasteiger partial charge in [-0.25, -0.2) is 0 Å². The molecule has 0 bridgehead atoms. The molecule has 2 aromatic heterocycles. The molecule has 3 heterocycles. The van der Waals surface area contributed by atoms with Gasteiger partial charge in [-0.2, -0.15) is 0 Å². The van der Waals surface area contributed by atoms with Crippen LogP contribution >= 0.6 is 0 Å². The van der Waals surface area contributed by atoms with Crippen LogP contribution in [0.4, 0.5) is 19.0 Å². The number of fused-ring (bicyclic) bond motifs is 2. The van der Waals surface area contributed by atoms with E-state index in [1.54, 1.807) is 23.7 Å². The van der Waals surface area contributed by atoms with Crippen molar-refractivity contribution in [1.29, 1.82) is 0 Å². The van der Waals surface area contributed by atoms with E-state index in [0.717, 1.165) is 31.4 Å². The number of aryl methyl sites for hydroxylation is 1. The van der Waals surface area contributed by atoms with E-state index in [-0.39, 0.29) is 5.54 Å². The van der Waals surface area contributed by atoms with Crippen LogP contribution < -0.4 is 9.91 Å². The fourth-order valence-corrected chi connectivity index (χ4v) is 5.24. The third-order valence-corrected chi connectivity index (χ3v) is 7.09. The molecule has 4 rings (SSSR count). The molecule has 0 aromatic carbocycles. The van der Waals surface area contributed by atoms with Crippen LogP contribution in [-0.2, 0) is 0 Å². The summed E-state index contributed by atoms with van der Waals surface area (Å²) in [4.78, 5) is 6.75. The summed E-state index contributed by atoms with van der Waals surface area (Å²) in [6, 6.07) is 1.82. The van der Waals surface area contributed by atoms with E-state index in [1.165, 1.54) is 0 Å². The van der Waals surface area contributed by atoms with Crippen LogP contribution in [0.5, 0.6) is 0 Å². The second-order valence-electron chi connectivity index (χ2n) is 6.91. The van der Waals surface area contributed by atoms with Gasteiger partial charge in [-0.1, -0.05) is 0 Å². The van der Waals surface area contributed by atoms with Gasteiger partial charge in [0.1, 0.15) is 0 Å². The average molecular weight is 403 g/mol. The van der Waals surface area contributed by atoms with E-state index in [2.05, 4.69) is 22.2 Å². The number of anilines is 1. The number of nitrogens with zero attached hydrogens (tertiary/aromatic N) is 3. The summed E-state index contributed by atoms with van der Waals surface area (Å²) in [6.07, 6.45) is 5.38. The van der Waals surface area contributed by atoms with E-state index in [1.807, 2.05) is 6.07 Å². The number of piperidine rings is 1. The van der Waals surface area contributed by atoms with Crippen molar-refractivity contribution in [2.24, 2.45) is 5.92 Å². The molecule has 2 aliphatic rings. The van der Waals surface area contributed by atoms with E-state index >= 15 is 0 Å². The van der Waals surface area contributed by atoms with Crippen molar-refractivity contribution in [3.05, 3.63) is 24.0 Å². The second kappa shape index (κ2) is 5.38. The van der Waals surface area contributed by atoms with Gasteiger partial charge in [-0.15, -0.1) is 0 Å². The number of nitrogens with one attached hydrogen (secondary N) is 1. The Balaban J connectivity index is 1.67. The quantitative estimate of drug-likeness (QED) is 0.796. The van der Waals surface area contributed by atoms with Crippen LogP contribution in [0.15, 0.2) is 18.5 Å². The summed E-state index contributed by atoms with van der Waals surface area (Å²) in [5.41, 5.74) is 1.50. The minimum atomic E-state index is -4.16. The summed E-state index contributed by atoms with van der Waals surface area (Å²) in [5.74, 6) is 1.31. The molecule has 0 spiro atoms. The standard InChI is InChI=1S/C16H19F3N4Se/c1-10-7-12-13(21-15-3-5-22(2)9-11(15)8-15)20-4-6-23(12)14(10)24-16(17,18)19/h4,6-7,11H,3,5,8-9H2,1-2H3,(H,20,21). The molecule has 1 saturated heterocycles. The predicted octanol–water partition coefficient (Wildman–Crippen LogP) is 2.00. The van der Waals surface area contributed by atoms with Crippen molar-refractivity contribution < 1.29 is 13.2 Å². The number of likely N-dealkylation sites (tertiary alicyclic amines) is 1. The van der Waals surface area contributed by atoms with Crippen molar-refractivity contribution in [3.63, 3.8) is 0 Å². The summed E-state index contributed by atoms with van der Waals surface area (Å²) in [5, 5.41) is -0.590. The van der Waals surface area contributed by atoms with Crippen LogP contribution in [-0.4, -0.2) is 60.0 Å². The van der Waals surface area contributed by atoms with Crippen LogP contribution in [0, 0.1) is 12.8 Å². The molecule has 0 amide bonds. The Morgan fingerprint density at radius 1 is 1.42 bits per heavy atom. The first kappa shape index (κ1) is 16.2. The fraction of sp³-hybridized carbons (Fsp3) is 0.562. The number of halogens is 3. The predicted molar refractivity (Wildman–Crippen MR) is 87.9 cm³/mol. The van der Waals surface area contributed by atoms with E-state index in [0.29, 0.717) is 21.9 Å². The molecule has 1 N–H and O–H groups in total. The molecule has 2 atom stereocenters. The van der Waals surface area contributed by atoms with Crippen molar-refractivity contribution in [1.82, 2.24) is 14.3 Å². The fourth-order valence-electron chi connectivity index (χ4n) is 3.78. The van der Waals surface area contributed by atoms with Crippen molar-refractivity contribution in [3.8, 4) is 0 Å². The molecule has 4 nitrogen and oxygen atoms in total. The SMILES string of the molecule is Cc1cc2c(NC34CCN(C)CC3C4)nccn2c1[Se]C(F)(F)F. The Bertz CT molecular complexity index is 787. The molecule has 130 valence electrons. The van der Waals surface area contributed by atoms with Gasteiger partial charge in [0.05, 0.1) is 0 Å².